The maximum Gasteiger partial charge on any atom is 0.251 e. The van der Waals surface area contributed by atoms with Crippen LogP contribution in [-0.4, -0.2) is 52.5 Å². The van der Waals surface area contributed by atoms with Crippen molar-refractivity contribution < 1.29 is 9.53 Å². The number of piperidine rings is 1. The first kappa shape index (κ1) is 20.2. The molecule has 1 aromatic carbocycles. The lowest BCUT2D eigenvalue weighted by atomic mass is 10.0. The third-order valence-corrected chi connectivity index (χ3v) is 6.81. The number of aromatic nitrogens is 1. The number of carbonyl (C=O) groups excluding carboxylic acids is 1. The van der Waals surface area contributed by atoms with Crippen molar-refractivity contribution >= 4 is 17.7 Å². The fraction of sp³-hybridized carbons (Fsp3) is 0.478. The van der Waals surface area contributed by atoms with Crippen molar-refractivity contribution in [3.8, 4) is 5.75 Å². The van der Waals surface area contributed by atoms with E-state index in [0.29, 0.717) is 12.1 Å². The number of nitrogens with zero attached hydrogens (tertiary/aromatic N) is 2. The lowest BCUT2D eigenvalue weighted by molar-refractivity contribution is 0.0725. The molecule has 1 aromatic heterocycles. The molecule has 2 aliphatic rings. The summed E-state index contributed by atoms with van der Waals surface area (Å²) in [6, 6.07) is 13.9. The SMILES string of the molecule is O=C(NCc1ccccn1)c1ccc(OC2CCN(C3CCSCC3)CC2)cc1. The number of benzene rings is 1. The zero-order valence-corrected chi connectivity index (χ0v) is 17.6. The van der Waals surface area contributed by atoms with Crippen LogP contribution in [0.2, 0.25) is 0 Å². The average Bonchev–Trinajstić information content (AvgIpc) is 2.80. The van der Waals surface area contributed by atoms with E-state index in [2.05, 4.69) is 27.0 Å². The summed E-state index contributed by atoms with van der Waals surface area (Å²) >= 11 is 2.09. The molecule has 4 rings (SSSR count). The van der Waals surface area contributed by atoms with Gasteiger partial charge in [0.2, 0.25) is 0 Å². The van der Waals surface area contributed by atoms with Crippen LogP contribution < -0.4 is 10.1 Å². The number of rotatable bonds is 6. The van der Waals surface area contributed by atoms with Crippen molar-refractivity contribution in [2.75, 3.05) is 24.6 Å². The Kier molecular flexibility index (Phi) is 7.06. The van der Waals surface area contributed by atoms with Gasteiger partial charge in [0.25, 0.3) is 5.91 Å². The average molecular weight is 412 g/mol. The Labute approximate surface area is 177 Å². The largest absolute Gasteiger partial charge is 0.490 e. The molecular formula is C23H29N3O2S. The zero-order chi connectivity index (χ0) is 19.9. The quantitative estimate of drug-likeness (QED) is 0.785. The molecule has 1 amide bonds. The normalized spacial score (nSPS) is 19.0. The highest BCUT2D eigenvalue weighted by molar-refractivity contribution is 7.99. The number of ether oxygens (including phenoxy) is 1. The standard InChI is InChI=1S/C23H29N3O2S/c27-23(25-17-19-3-1-2-12-24-19)18-4-6-21(7-5-18)28-22-8-13-26(14-9-22)20-10-15-29-16-11-20/h1-7,12,20,22H,8-11,13-17H2,(H,25,27). The Hall–Kier alpha value is -2.05. The topological polar surface area (TPSA) is 54.5 Å². The van der Waals surface area contributed by atoms with E-state index < -0.39 is 0 Å². The van der Waals surface area contributed by atoms with Gasteiger partial charge >= 0.3 is 0 Å². The molecular weight excluding hydrogens is 382 g/mol. The third-order valence-electron chi connectivity index (χ3n) is 5.76. The molecule has 2 fully saturated rings. The molecule has 29 heavy (non-hydrogen) atoms. The van der Waals surface area contributed by atoms with Gasteiger partial charge in [0.05, 0.1) is 12.2 Å². The van der Waals surface area contributed by atoms with E-state index in [0.717, 1.165) is 43.4 Å². The minimum atomic E-state index is -0.0962. The second-order valence-electron chi connectivity index (χ2n) is 7.72. The molecule has 0 bridgehead atoms. The molecule has 0 aliphatic carbocycles. The molecule has 6 heteroatoms. The van der Waals surface area contributed by atoms with E-state index in [1.165, 1.54) is 24.3 Å². The van der Waals surface area contributed by atoms with Gasteiger partial charge in [-0.2, -0.15) is 11.8 Å². The van der Waals surface area contributed by atoms with E-state index in [1.807, 2.05) is 42.5 Å². The van der Waals surface area contributed by atoms with Gasteiger partial charge in [0, 0.05) is 30.9 Å². The van der Waals surface area contributed by atoms with Crippen LogP contribution >= 0.6 is 11.8 Å². The first-order chi connectivity index (χ1) is 14.3. The Morgan fingerprint density at radius 3 is 2.52 bits per heavy atom. The monoisotopic (exact) mass is 411 g/mol. The summed E-state index contributed by atoms with van der Waals surface area (Å²) in [4.78, 5) is 19.2. The van der Waals surface area contributed by atoms with Crippen LogP contribution in [0.3, 0.4) is 0 Å². The van der Waals surface area contributed by atoms with Crippen LogP contribution in [0.4, 0.5) is 0 Å². The summed E-state index contributed by atoms with van der Waals surface area (Å²) in [6.07, 6.45) is 6.83. The van der Waals surface area contributed by atoms with Crippen LogP contribution in [-0.2, 0) is 6.54 Å². The van der Waals surface area contributed by atoms with Gasteiger partial charge in [-0.05, 0) is 73.6 Å². The van der Waals surface area contributed by atoms with Crippen LogP contribution in [0, 0.1) is 0 Å². The molecule has 0 atom stereocenters. The Balaban J connectivity index is 1.23. The van der Waals surface area contributed by atoms with Crippen LogP contribution in [0.25, 0.3) is 0 Å². The number of pyridine rings is 1. The fourth-order valence-corrected chi connectivity index (χ4v) is 5.14. The number of hydrogen-bond acceptors (Lipinski definition) is 5. The molecule has 0 unspecified atom stereocenters. The number of carbonyl (C=O) groups is 1. The van der Waals surface area contributed by atoms with E-state index in [9.17, 15) is 4.79 Å². The number of hydrogen-bond donors (Lipinski definition) is 1. The van der Waals surface area contributed by atoms with Gasteiger partial charge in [0.1, 0.15) is 11.9 Å². The van der Waals surface area contributed by atoms with E-state index in [4.69, 9.17) is 4.74 Å². The minimum Gasteiger partial charge on any atom is -0.490 e. The molecule has 154 valence electrons. The number of nitrogens with one attached hydrogen (secondary N) is 1. The molecule has 0 radical (unpaired) electrons. The second kappa shape index (κ2) is 10.1. The molecule has 2 aliphatic heterocycles. The van der Waals surface area contributed by atoms with Crippen molar-refractivity contribution in [3.05, 3.63) is 59.9 Å². The lowest BCUT2D eigenvalue weighted by Crippen LogP contribution is -2.45. The first-order valence-electron chi connectivity index (χ1n) is 10.5. The highest BCUT2D eigenvalue weighted by atomic mass is 32.2. The van der Waals surface area contributed by atoms with Crippen LogP contribution in [0.15, 0.2) is 48.7 Å². The Bertz CT molecular complexity index is 770. The Morgan fingerprint density at radius 2 is 1.83 bits per heavy atom. The summed E-state index contributed by atoms with van der Waals surface area (Å²) in [6.45, 7) is 2.69. The van der Waals surface area contributed by atoms with Gasteiger partial charge in [-0.25, -0.2) is 0 Å². The van der Waals surface area contributed by atoms with Crippen molar-refractivity contribution in [3.63, 3.8) is 0 Å². The minimum absolute atomic E-state index is 0.0962. The summed E-state index contributed by atoms with van der Waals surface area (Å²) in [5, 5.41) is 2.90. The lowest BCUT2D eigenvalue weighted by Gasteiger charge is -2.39. The summed E-state index contributed by atoms with van der Waals surface area (Å²) in [7, 11) is 0. The van der Waals surface area contributed by atoms with E-state index in [-0.39, 0.29) is 12.0 Å². The van der Waals surface area contributed by atoms with E-state index in [1.54, 1.807) is 6.20 Å². The molecule has 2 aromatic rings. The molecule has 2 saturated heterocycles. The number of likely N-dealkylation sites (tertiary alicyclic amines) is 1. The first-order valence-corrected chi connectivity index (χ1v) is 11.7. The molecule has 5 nitrogen and oxygen atoms in total. The zero-order valence-electron chi connectivity index (χ0n) is 16.8. The van der Waals surface area contributed by atoms with Gasteiger partial charge in [-0.15, -0.1) is 0 Å². The molecule has 0 spiro atoms. The van der Waals surface area contributed by atoms with Crippen LogP contribution in [0.1, 0.15) is 41.7 Å². The van der Waals surface area contributed by atoms with Gasteiger partial charge in [-0.1, -0.05) is 6.07 Å². The highest BCUT2D eigenvalue weighted by Crippen LogP contribution is 2.26. The number of thioether (sulfide) groups is 1. The Morgan fingerprint density at radius 1 is 1.07 bits per heavy atom. The van der Waals surface area contributed by atoms with Gasteiger partial charge in [0.15, 0.2) is 0 Å². The summed E-state index contributed by atoms with van der Waals surface area (Å²) in [5.41, 5.74) is 1.48. The highest BCUT2D eigenvalue weighted by Gasteiger charge is 2.27. The fourth-order valence-electron chi connectivity index (χ4n) is 4.06. The predicted octanol–water partition coefficient (Wildman–Crippen LogP) is 3.75. The maximum atomic E-state index is 12.3. The van der Waals surface area contributed by atoms with E-state index >= 15 is 0 Å². The van der Waals surface area contributed by atoms with Crippen molar-refractivity contribution in [2.45, 2.75) is 44.4 Å². The third kappa shape index (κ3) is 5.73. The van der Waals surface area contributed by atoms with Crippen molar-refractivity contribution in [2.24, 2.45) is 0 Å². The maximum absolute atomic E-state index is 12.3. The summed E-state index contributed by atoms with van der Waals surface area (Å²) < 4.78 is 6.18. The summed E-state index contributed by atoms with van der Waals surface area (Å²) in [5.74, 6) is 3.37. The molecule has 0 saturated carbocycles. The predicted molar refractivity (Wildman–Crippen MR) is 117 cm³/mol. The van der Waals surface area contributed by atoms with Crippen molar-refractivity contribution in [1.82, 2.24) is 15.2 Å². The molecule has 3 heterocycles. The molecule has 1 N–H and O–H groups in total. The number of amides is 1. The van der Waals surface area contributed by atoms with Gasteiger partial charge in [-0.3, -0.25) is 9.78 Å². The van der Waals surface area contributed by atoms with Gasteiger partial charge < -0.3 is 15.0 Å². The second-order valence-corrected chi connectivity index (χ2v) is 8.95. The van der Waals surface area contributed by atoms with Crippen molar-refractivity contribution in [1.29, 1.82) is 0 Å². The van der Waals surface area contributed by atoms with Crippen LogP contribution in [0.5, 0.6) is 5.75 Å². The smallest absolute Gasteiger partial charge is 0.251 e.